The maximum atomic E-state index is 13.2. The van der Waals surface area contributed by atoms with Crippen LogP contribution < -0.4 is 5.32 Å². The second-order valence-corrected chi connectivity index (χ2v) is 4.90. The van der Waals surface area contributed by atoms with Crippen LogP contribution in [0.25, 0.3) is 0 Å². The molecule has 8 heteroatoms. The topological polar surface area (TPSA) is 95.6 Å². The molecule has 0 aliphatic carbocycles. The van der Waals surface area contributed by atoms with E-state index < -0.39 is 28.6 Å². The number of aliphatic hydroxyl groups excluding tert-OH is 1. The average molecular weight is 323 g/mol. The summed E-state index contributed by atoms with van der Waals surface area (Å²) >= 11 is 2.92. The molecule has 0 saturated heterocycles. The Labute approximate surface area is 111 Å². The van der Waals surface area contributed by atoms with E-state index >= 15 is 0 Å². The van der Waals surface area contributed by atoms with E-state index in [9.17, 15) is 19.6 Å². The van der Waals surface area contributed by atoms with Gasteiger partial charge in [-0.15, -0.1) is 0 Å². The summed E-state index contributed by atoms with van der Waals surface area (Å²) in [6.07, 6.45) is 0. The molecule has 18 heavy (non-hydrogen) atoms. The van der Waals surface area contributed by atoms with E-state index in [1.165, 1.54) is 13.0 Å². The lowest BCUT2D eigenvalue weighted by Gasteiger charge is -2.21. The summed E-state index contributed by atoms with van der Waals surface area (Å²) in [5, 5.41) is 31.8. The Morgan fingerprint density at radius 2 is 2.22 bits per heavy atom. The quantitative estimate of drug-likeness (QED) is 0.566. The summed E-state index contributed by atoms with van der Waals surface area (Å²) in [5.74, 6) is -0.749. The molecule has 1 unspecified atom stereocenters. The molecule has 0 heterocycles. The van der Waals surface area contributed by atoms with Crippen LogP contribution in [0.1, 0.15) is 6.92 Å². The predicted octanol–water partition coefficient (Wildman–Crippen LogP) is 1.65. The molecule has 0 aliphatic rings. The highest BCUT2D eigenvalue weighted by atomic mass is 79.9. The zero-order valence-corrected chi connectivity index (χ0v) is 11.1. The van der Waals surface area contributed by atoms with Gasteiger partial charge in [-0.05, 0) is 28.9 Å². The fraction of sp³-hybridized carbons (Fsp3) is 0.400. The van der Waals surface area contributed by atoms with Crippen molar-refractivity contribution in [2.24, 2.45) is 0 Å². The van der Waals surface area contributed by atoms with Crippen LogP contribution in [0.5, 0.6) is 0 Å². The molecule has 1 aromatic rings. The Bertz CT molecular complexity index is 467. The molecule has 1 aromatic carbocycles. The molecule has 3 N–H and O–H groups in total. The largest absolute Gasteiger partial charge is 0.393 e. The first-order valence-electron chi connectivity index (χ1n) is 4.97. The predicted molar refractivity (Wildman–Crippen MR) is 67.0 cm³/mol. The maximum absolute atomic E-state index is 13.2. The van der Waals surface area contributed by atoms with Crippen molar-refractivity contribution in [3.63, 3.8) is 0 Å². The third kappa shape index (κ3) is 3.62. The van der Waals surface area contributed by atoms with Crippen LogP contribution in [-0.4, -0.2) is 33.9 Å². The van der Waals surface area contributed by atoms with Gasteiger partial charge in [0.15, 0.2) is 0 Å². The number of benzene rings is 1. The van der Waals surface area contributed by atoms with E-state index in [0.29, 0.717) is 0 Å². The van der Waals surface area contributed by atoms with Gasteiger partial charge < -0.3 is 15.5 Å². The van der Waals surface area contributed by atoms with Crippen molar-refractivity contribution in [3.8, 4) is 0 Å². The third-order valence-electron chi connectivity index (χ3n) is 2.24. The van der Waals surface area contributed by atoms with Gasteiger partial charge in [0.05, 0.1) is 22.1 Å². The third-order valence-corrected chi connectivity index (χ3v) is 2.84. The number of hydrogen-bond acceptors (Lipinski definition) is 5. The first kappa shape index (κ1) is 14.8. The number of nitro benzene ring substituents is 1. The first-order valence-corrected chi connectivity index (χ1v) is 5.76. The fourth-order valence-corrected chi connectivity index (χ4v) is 1.51. The lowest BCUT2D eigenvalue weighted by molar-refractivity contribution is -0.384. The molecule has 0 aliphatic heterocycles. The van der Waals surface area contributed by atoms with Gasteiger partial charge in [-0.3, -0.25) is 10.1 Å². The summed E-state index contributed by atoms with van der Waals surface area (Å²) in [6.45, 7) is 0.753. The van der Waals surface area contributed by atoms with Crippen molar-refractivity contribution >= 4 is 27.3 Å². The molecule has 1 atom stereocenters. The van der Waals surface area contributed by atoms with Gasteiger partial charge in [-0.2, -0.15) is 0 Å². The second-order valence-electron chi connectivity index (χ2n) is 4.05. The molecule has 100 valence electrons. The molecule has 0 spiro atoms. The average Bonchev–Trinajstić information content (AvgIpc) is 2.30. The zero-order valence-electron chi connectivity index (χ0n) is 9.48. The van der Waals surface area contributed by atoms with E-state index in [4.69, 9.17) is 5.11 Å². The number of nitrogens with zero attached hydrogens (tertiary/aromatic N) is 1. The van der Waals surface area contributed by atoms with Gasteiger partial charge in [0.2, 0.25) is 0 Å². The van der Waals surface area contributed by atoms with Crippen LogP contribution in [0.2, 0.25) is 0 Å². The first-order chi connectivity index (χ1) is 8.26. The Morgan fingerprint density at radius 1 is 1.61 bits per heavy atom. The fourth-order valence-electron chi connectivity index (χ4n) is 1.17. The highest BCUT2D eigenvalue weighted by molar-refractivity contribution is 9.10. The summed E-state index contributed by atoms with van der Waals surface area (Å²) < 4.78 is 13.3. The standard InChI is InChI=1S/C10H12BrFN2O4/c1-10(16,5-15)4-13-8-2-6(11)7(12)3-9(8)14(17)18/h2-3,13,15-16H,4-5H2,1H3. The van der Waals surface area contributed by atoms with E-state index in [1.807, 2.05) is 0 Å². The molecule has 0 amide bonds. The van der Waals surface area contributed by atoms with Gasteiger partial charge in [0.1, 0.15) is 17.1 Å². The van der Waals surface area contributed by atoms with Gasteiger partial charge in [0.25, 0.3) is 5.69 Å². The zero-order chi connectivity index (χ0) is 13.9. The van der Waals surface area contributed by atoms with Crippen LogP contribution in [0, 0.1) is 15.9 Å². The minimum Gasteiger partial charge on any atom is -0.393 e. The van der Waals surface area contributed by atoms with Crippen molar-refractivity contribution in [1.82, 2.24) is 0 Å². The normalized spacial score (nSPS) is 14.1. The lowest BCUT2D eigenvalue weighted by atomic mass is 10.1. The Balaban J connectivity index is 3.01. The number of rotatable bonds is 5. The van der Waals surface area contributed by atoms with Crippen molar-refractivity contribution in [1.29, 1.82) is 0 Å². The van der Waals surface area contributed by atoms with Gasteiger partial charge in [-0.25, -0.2) is 4.39 Å². The molecule has 1 rings (SSSR count). The number of anilines is 1. The van der Waals surface area contributed by atoms with E-state index in [0.717, 1.165) is 6.07 Å². The molecule has 0 saturated carbocycles. The van der Waals surface area contributed by atoms with E-state index in [-0.39, 0.29) is 16.7 Å². The monoisotopic (exact) mass is 322 g/mol. The SMILES string of the molecule is CC(O)(CO)CNc1cc(Br)c(F)cc1[N+](=O)[O-]. The minimum absolute atomic E-state index is 0.0574. The van der Waals surface area contributed by atoms with Crippen LogP contribution in [-0.2, 0) is 0 Å². The maximum Gasteiger partial charge on any atom is 0.295 e. The second kappa shape index (κ2) is 5.59. The lowest BCUT2D eigenvalue weighted by Crippen LogP contribution is -2.37. The van der Waals surface area contributed by atoms with Crippen LogP contribution in [0.4, 0.5) is 15.8 Å². The highest BCUT2D eigenvalue weighted by Gasteiger charge is 2.22. The summed E-state index contributed by atoms with van der Waals surface area (Å²) in [7, 11) is 0. The van der Waals surface area contributed by atoms with Crippen molar-refractivity contribution < 1.29 is 19.5 Å². The Hall–Kier alpha value is -1.25. The van der Waals surface area contributed by atoms with Crippen molar-refractivity contribution in [2.45, 2.75) is 12.5 Å². The van der Waals surface area contributed by atoms with Crippen LogP contribution in [0.15, 0.2) is 16.6 Å². The van der Waals surface area contributed by atoms with Gasteiger partial charge >= 0.3 is 0 Å². The Kier molecular flexibility index (Phi) is 4.60. The van der Waals surface area contributed by atoms with E-state index in [2.05, 4.69) is 21.2 Å². The number of hydrogen-bond donors (Lipinski definition) is 3. The Morgan fingerprint density at radius 3 is 2.72 bits per heavy atom. The molecule has 6 nitrogen and oxygen atoms in total. The molecular weight excluding hydrogens is 311 g/mol. The molecule has 0 bridgehead atoms. The minimum atomic E-state index is -1.42. The van der Waals surface area contributed by atoms with Crippen molar-refractivity contribution in [2.75, 3.05) is 18.5 Å². The van der Waals surface area contributed by atoms with Crippen LogP contribution in [0.3, 0.4) is 0 Å². The van der Waals surface area contributed by atoms with Gasteiger partial charge in [0, 0.05) is 6.54 Å². The summed E-state index contributed by atoms with van der Waals surface area (Å²) in [4.78, 5) is 10.0. The number of nitrogens with one attached hydrogen (secondary N) is 1. The molecule has 0 radical (unpaired) electrons. The van der Waals surface area contributed by atoms with Crippen molar-refractivity contribution in [3.05, 3.63) is 32.5 Å². The number of nitro groups is 1. The number of aliphatic hydroxyl groups is 2. The summed E-state index contributed by atoms with van der Waals surface area (Å²) in [5.41, 5.74) is -1.80. The van der Waals surface area contributed by atoms with Crippen LogP contribution >= 0.6 is 15.9 Å². The molecular formula is C10H12BrFN2O4. The highest BCUT2D eigenvalue weighted by Crippen LogP contribution is 2.30. The van der Waals surface area contributed by atoms with Gasteiger partial charge in [-0.1, -0.05) is 0 Å². The molecule has 0 aromatic heterocycles. The molecule has 0 fully saturated rings. The van der Waals surface area contributed by atoms with E-state index in [1.54, 1.807) is 0 Å². The number of halogens is 2. The summed E-state index contributed by atoms with van der Waals surface area (Å²) in [6, 6.07) is 1.99. The smallest absolute Gasteiger partial charge is 0.295 e.